The SMILES string of the molecule is C[C@@H]([NH2+][C@@H]1CCCc2ccccc21)C(=O)Nc1ccc(F)c([N+](=O)[O-])c1. The smallest absolute Gasteiger partial charge is 0.306 e. The van der Waals surface area contributed by atoms with E-state index in [4.69, 9.17) is 0 Å². The first-order chi connectivity index (χ1) is 12.5. The van der Waals surface area contributed by atoms with Crippen LogP contribution in [0.25, 0.3) is 0 Å². The molecule has 0 saturated carbocycles. The predicted octanol–water partition coefficient (Wildman–Crippen LogP) is 2.70. The molecule has 7 heteroatoms. The fourth-order valence-corrected chi connectivity index (χ4v) is 3.41. The van der Waals surface area contributed by atoms with E-state index >= 15 is 0 Å². The van der Waals surface area contributed by atoms with E-state index in [0.717, 1.165) is 31.4 Å². The number of nitro benzene ring substituents is 1. The van der Waals surface area contributed by atoms with Gasteiger partial charge in [-0.1, -0.05) is 24.3 Å². The summed E-state index contributed by atoms with van der Waals surface area (Å²) in [6.45, 7) is 1.80. The van der Waals surface area contributed by atoms with Crippen molar-refractivity contribution < 1.29 is 19.4 Å². The van der Waals surface area contributed by atoms with Crippen molar-refractivity contribution in [3.05, 3.63) is 69.5 Å². The number of nitrogens with two attached hydrogens (primary N) is 1. The van der Waals surface area contributed by atoms with Crippen LogP contribution in [-0.4, -0.2) is 16.9 Å². The van der Waals surface area contributed by atoms with Crippen molar-refractivity contribution in [2.75, 3.05) is 5.32 Å². The number of nitrogens with one attached hydrogen (secondary N) is 1. The molecule has 0 heterocycles. The van der Waals surface area contributed by atoms with E-state index in [-0.39, 0.29) is 23.7 Å². The van der Waals surface area contributed by atoms with Crippen molar-refractivity contribution in [1.29, 1.82) is 0 Å². The summed E-state index contributed by atoms with van der Waals surface area (Å²) in [5.41, 5.74) is 2.14. The zero-order valence-electron chi connectivity index (χ0n) is 14.4. The van der Waals surface area contributed by atoms with Gasteiger partial charge in [0, 0.05) is 23.7 Å². The lowest BCUT2D eigenvalue weighted by molar-refractivity contribution is -0.714. The van der Waals surface area contributed by atoms with E-state index in [9.17, 15) is 19.3 Å². The second kappa shape index (κ2) is 7.61. The molecule has 0 unspecified atom stereocenters. The minimum absolute atomic E-state index is 0.211. The summed E-state index contributed by atoms with van der Waals surface area (Å²) < 4.78 is 13.4. The highest BCUT2D eigenvalue weighted by atomic mass is 19.1. The molecule has 26 heavy (non-hydrogen) atoms. The van der Waals surface area contributed by atoms with Gasteiger partial charge in [0.1, 0.15) is 6.04 Å². The maximum atomic E-state index is 13.4. The number of rotatable bonds is 5. The van der Waals surface area contributed by atoms with Gasteiger partial charge in [-0.2, -0.15) is 4.39 Å². The fourth-order valence-electron chi connectivity index (χ4n) is 3.41. The van der Waals surface area contributed by atoms with Gasteiger partial charge in [-0.25, -0.2) is 0 Å². The Morgan fingerprint density at radius 2 is 2.12 bits per heavy atom. The molecule has 0 spiro atoms. The number of halogens is 1. The third kappa shape index (κ3) is 3.88. The Labute approximate surface area is 150 Å². The number of benzene rings is 2. The molecule has 0 aromatic heterocycles. The molecular weight excluding hydrogens is 337 g/mol. The standard InChI is InChI=1S/C19H20FN3O3/c1-12(21-17-8-4-6-13-5-2-3-7-15(13)17)19(24)22-14-9-10-16(20)18(11-14)23(25)26/h2-3,5,7,9-12,17,21H,4,6,8H2,1H3,(H,22,24)/p+1/t12-,17-/m1/s1. The molecule has 136 valence electrons. The van der Waals surface area contributed by atoms with E-state index in [2.05, 4.69) is 17.4 Å². The van der Waals surface area contributed by atoms with Gasteiger partial charge in [-0.15, -0.1) is 0 Å². The first-order valence-electron chi connectivity index (χ1n) is 8.63. The summed E-state index contributed by atoms with van der Waals surface area (Å²) in [7, 11) is 0. The van der Waals surface area contributed by atoms with Gasteiger partial charge >= 0.3 is 5.69 Å². The number of hydrogen-bond acceptors (Lipinski definition) is 3. The summed E-state index contributed by atoms with van der Waals surface area (Å²) in [5.74, 6) is -1.19. The van der Waals surface area contributed by atoms with Crippen LogP contribution >= 0.6 is 0 Å². The molecule has 3 rings (SSSR count). The van der Waals surface area contributed by atoms with Gasteiger partial charge < -0.3 is 10.6 Å². The molecule has 0 saturated heterocycles. The van der Waals surface area contributed by atoms with E-state index in [1.165, 1.54) is 17.2 Å². The highest BCUT2D eigenvalue weighted by molar-refractivity contribution is 5.93. The number of hydrogen-bond donors (Lipinski definition) is 2. The summed E-state index contributed by atoms with van der Waals surface area (Å²) in [5, 5.41) is 15.5. The molecule has 1 aliphatic rings. The van der Waals surface area contributed by atoms with Gasteiger partial charge in [-0.3, -0.25) is 14.9 Å². The second-order valence-electron chi connectivity index (χ2n) is 6.59. The van der Waals surface area contributed by atoms with Crippen molar-refractivity contribution in [3.8, 4) is 0 Å². The minimum atomic E-state index is -0.925. The zero-order valence-corrected chi connectivity index (χ0v) is 14.4. The Morgan fingerprint density at radius 3 is 2.88 bits per heavy atom. The number of quaternary nitrogens is 1. The Morgan fingerprint density at radius 1 is 1.35 bits per heavy atom. The van der Waals surface area contributed by atoms with Crippen molar-refractivity contribution in [2.24, 2.45) is 0 Å². The van der Waals surface area contributed by atoms with E-state index in [1.807, 2.05) is 17.4 Å². The highest BCUT2D eigenvalue weighted by Gasteiger charge is 2.27. The first-order valence-corrected chi connectivity index (χ1v) is 8.63. The maximum absolute atomic E-state index is 13.4. The Hall–Kier alpha value is -2.80. The Balaban J connectivity index is 1.68. The largest absolute Gasteiger partial charge is 0.330 e. The predicted molar refractivity (Wildman–Crippen MR) is 95.2 cm³/mol. The molecule has 0 fully saturated rings. The number of nitro groups is 1. The maximum Gasteiger partial charge on any atom is 0.306 e. The molecule has 2 aromatic rings. The second-order valence-corrected chi connectivity index (χ2v) is 6.59. The lowest BCUT2D eigenvalue weighted by atomic mass is 9.87. The first kappa shape index (κ1) is 18.0. The molecule has 0 aliphatic heterocycles. The number of carbonyl (C=O) groups excluding carboxylic acids is 1. The van der Waals surface area contributed by atoms with Crippen LogP contribution in [0, 0.1) is 15.9 Å². The lowest BCUT2D eigenvalue weighted by Crippen LogP contribution is -2.92. The average molecular weight is 358 g/mol. The van der Waals surface area contributed by atoms with Crippen LogP contribution in [0.15, 0.2) is 42.5 Å². The fraction of sp³-hybridized carbons (Fsp3) is 0.316. The summed E-state index contributed by atoms with van der Waals surface area (Å²) in [4.78, 5) is 22.5. The van der Waals surface area contributed by atoms with Crippen molar-refractivity contribution in [3.63, 3.8) is 0 Å². The Bertz CT molecular complexity index is 841. The van der Waals surface area contributed by atoms with Gasteiger partial charge in [0.25, 0.3) is 5.91 Å². The van der Waals surface area contributed by atoms with Crippen LogP contribution in [-0.2, 0) is 11.2 Å². The topological polar surface area (TPSA) is 88.8 Å². The van der Waals surface area contributed by atoms with E-state index in [1.54, 1.807) is 6.92 Å². The van der Waals surface area contributed by atoms with Crippen molar-refractivity contribution >= 4 is 17.3 Å². The van der Waals surface area contributed by atoms with E-state index in [0.29, 0.717) is 0 Å². The molecule has 6 nitrogen and oxygen atoms in total. The highest BCUT2D eigenvalue weighted by Crippen LogP contribution is 2.27. The minimum Gasteiger partial charge on any atom is -0.330 e. The van der Waals surface area contributed by atoms with E-state index < -0.39 is 16.4 Å². The molecule has 0 radical (unpaired) electrons. The molecule has 0 bridgehead atoms. The van der Waals surface area contributed by atoms with Crippen LogP contribution in [0.1, 0.15) is 36.9 Å². The molecular formula is C19H21FN3O3+. The number of aryl methyl sites for hydroxylation is 1. The van der Waals surface area contributed by atoms with Gasteiger partial charge in [-0.05, 0) is 37.5 Å². The van der Waals surface area contributed by atoms with Gasteiger partial charge in [0.05, 0.1) is 4.92 Å². The van der Waals surface area contributed by atoms with Gasteiger partial charge in [0.2, 0.25) is 5.82 Å². The normalized spacial score (nSPS) is 17.2. The average Bonchev–Trinajstić information content (AvgIpc) is 2.63. The summed E-state index contributed by atoms with van der Waals surface area (Å²) in [6.07, 6.45) is 3.13. The molecule has 3 N–H and O–H groups in total. The van der Waals surface area contributed by atoms with Crippen LogP contribution in [0.3, 0.4) is 0 Å². The quantitative estimate of drug-likeness (QED) is 0.636. The number of amides is 1. The van der Waals surface area contributed by atoms with Gasteiger partial charge in [0.15, 0.2) is 6.04 Å². The third-order valence-corrected chi connectivity index (χ3v) is 4.76. The van der Waals surface area contributed by atoms with Crippen LogP contribution < -0.4 is 10.6 Å². The van der Waals surface area contributed by atoms with Crippen molar-refractivity contribution in [2.45, 2.75) is 38.3 Å². The monoisotopic (exact) mass is 358 g/mol. The lowest BCUT2D eigenvalue weighted by Gasteiger charge is -2.26. The number of nitrogens with zero attached hydrogens (tertiary/aromatic N) is 1. The van der Waals surface area contributed by atoms with Crippen LogP contribution in [0.2, 0.25) is 0 Å². The summed E-state index contributed by atoms with van der Waals surface area (Å²) in [6, 6.07) is 11.4. The summed E-state index contributed by atoms with van der Waals surface area (Å²) >= 11 is 0. The zero-order chi connectivity index (χ0) is 18.7. The molecule has 2 aromatic carbocycles. The number of anilines is 1. The number of fused-ring (bicyclic) bond motifs is 1. The van der Waals surface area contributed by atoms with Crippen LogP contribution in [0.4, 0.5) is 15.8 Å². The van der Waals surface area contributed by atoms with Crippen LogP contribution in [0.5, 0.6) is 0 Å². The number of carbonyl (C=O) groups is 1. The molecule has 2 atom stereocenters. The van der Waals surface area contributed by atoms with Crippen molar-refractivity contribution in [1.82, 2.24) is 0 Å². The third-order valence-electron chi connectivity index (χ3n) is 4.76. The Kier molecular flexibility index (Phi) is 5.27. The molecule has 1 amide bonds. The molecule has 1 aliphatic carbocycles.